The van der Waals surface area contributed by atoms with Crippen molar-refractivity contribution in [1.29, 1.82) is 5.26 Å². The molecular formula is C15H19N9OS. The maximum atomic E-state index is 12.4. The Morgan fingerprint density at radius 1 is 1.46 bits per heavy atom. The zero-order valence-corrected chi connectivity index (χ0v) is 15.2. The van der Waals surface area contributed by atoms with Crippen molar-refractivity contribution in [3.63, 3.8) is 0 Å². The summed E-state index contributed by atoms with van der Waals surface area (Å²) in [7, 11) is 1.81. The first kappa shape index (κ1) is 17.9. The van der Waals surface area contributed by atoms with Crippen molar-refractivity contribution in [2.24, 2.45) is 0 Å². The average molecular weight is 373 g/mol. The van der Waals surface area contributed by atoms with Crippen LogP contribution in [0.4, 0.5) is 11.8 Å². The van der Waals surface area contributed by atoms with Crippen LogP contribution in [-0.2, 0) is 6.54 Å². The molecule has 1 amide bonds. The molecule has 1 aliphatic heterocycles. The van der Waals surface area contributed by atoms with Crippen LogP contribution in [0, 0.1) is 11.3 Å². The lowest BCUT2D eigenvalue weighted by Gasteiger charge is -2.25. The number of nitrogens with zero attached hydrogens (tertiary/aromatic N) is 8. The Balaban J connectivity index is 1.58. The smallest absolute Gasteiger partial charge is 0.276 e. The topological polar surface area (TPSA) is 130 Å². The van der Waals surface area contributed by atoms with Crippen molar-refractivity contribution in [3.8, 4) is 6.07 Å². The minimum Gasteiger partial charge on any atom is -0.382 e. The van der Waals surface area contributed by atoms with Crippen LogP contribution < -0.4 is 10.6 Å². The Morgan fingerprint density at radius 2 is 2.23 bits per heavy atom. The first-order chi connectivity index (χ1) is 12.6. The number of amides is 1. The van der Waals surface area contributed by atoms with Gasteiger partial charge in [0, 0.05) is 38.2 Å². The molecule has 0 atom stereocenters. The van der Waals surface area contributed by atoms with Crippen molar-refractivity contribution in [2.75, 3.05) is 48.8 Å². The summed E-state index contributed by atoms with van der Waals surface area (Å²) in [5.41, 5.74) is 6.32. The van der Waals surface area contributed by atoms with E-state index in [1.165, 1.54) is 6.20 Å². The van der Waals surface area contributed by atoms with Gasteiger partial charge in [-0.15, -0.1) is 5.10 Å². The zero-order chi connectivity index (χ0) is 18.5. The predicted octanol–water partition coefficient (Wildman–Crippen LogP) is -0.153. The molecule has 3 rings (SSSR count). The lowest BCUT2D eigenvalue weighted by molar-refractivity contribution is 0.0766. The van der Waals surface area contributed by atoms with Crippen molar-refractivity contribution >= 4 is 29.4 Å². The van der Waals surface area contributed by atoms with E-state index in [0.717, 1.165) is 24.6 Å². The molecule has 11 heteroatoms. The fraction of sp³-hybridized carbons (Fsp3) is 0.467. The van der Waals surface area contributed by atoms with Gasteiger partial charge < -0.3 is 15.5 Å². The zero-order valence-electron chi connectivity index (χ0n) is 14.4. The second kappa shape index (κ2) is 8.01. The van der Waals surface area contributed by atoms with Crippen LogP contribution in [-0.4, -0.2) is 74.0 Å². The summed E-state index contributed by atoms with van der Waals surface area (Å²) in [6, 6.07) is 1.93. The van der Waals surface area contributed by atoms with Crippen molar-refractivity contribution < 1.29 is 4.79 Å². The predicted molar refractivity (Wildman–Crippen MR) is 97.7 cm³/mol. The van der Waals surface area contributed by atoms with Gasteiger partial charge in [0.05, 0.1) is 18.9 Å². The number of likely N-dealkylation sites (N-methyl/N-ethyl adjacent to an activating group) is 1. The van der Waals surface area contributed by atoms with Gasteiger partial charge in [0.15, 0.2) is 5.69 Å². The SMILES string of the molecule is CN(CCn1cc(C(=O)N2CCSCC2)nn1)c1ncc(C#N)c(N)n1. The molecule has 0 bridgehead atoms. The standard InChI is InChI=1S/C15H19N9OS/c1-22(15-18-9-11(8-16)13(17)19-15)2-3-24-10-12(20-21-24)14(25)23-4-6-26-7-5-23/h9-10H,2-7H2,1H3,(H2,17,18,19). The Labute approximate surface area is 155 Å². The Morgan fingerprint density at radius 3 is 2.92 bits per heavy atom. The second-order valence-corrected chi connectivity index (χ2v) is 7.00. The highest BCUT2D eigenvalue weighted by Gasteiger charge is 2.21. The molecule has 0 radical (unpaired) electrons. The lowest BCUT2D eigenvalue weighted by Crippen LogP contribution is -2.38. The summed E-state index contributed by atoms with van der Waals surface area (Å²) in [6.07, 6.45) is 3.06. The van der Waals surface area contributed by atoms with Gasteiger partial charge in [0.25, 0.3) is 5.91 Å². The highest BCUT2D eigenvalue weighted by atomic mass is 32.2. The number of anilines is 2. The van der Waals surface area contributed by atoms with Gasteiger partial charge >= 0.3 is 0 Å². The molecule has 1 aliphatic rings. The van der Waals surface area contributed by atoms with Crippen LogP contribution in [0.2, 0.25) is 0 Å². The molecule has 26 heavy (non-hydrogen) atoms. The Bertz CT molecular complexity index is 825. The molecule has 0 unspecified atom stereocenters. The fourth-order valence-electron chi connectivity index (χ4n) is 2.44. The summed E-state index contributed by atoms with van der Waals surface area (Å²) in [6.45, 7) is 2.55. The number of nitrogen functional groups attached to an aromatic ring is 1. The van der Waals surface area contributed by atoms with E-state index in [9.17, 15) is 4.79 Å². The number of carbonyl (C=O) groups excluding carboxylic acids is 1. The van der Waals surface area contributed by atoms with Crippen LogP contribution in [0.3, 0.4) is 0 Å². The monoisotopic (exact) mass is 373 g/mol. The van der Waals surface area contributed by atoms with E-state index in [4.69, 9.17) is 11.0 Å². The van der Waals surface area contributed by atoms with E-state index in [-0.39, 0.29) is 17.3 Å². The molecule has 1 fully saturated rings. The van der Waals surface area contributed by atoms with Crippen LogP contribution in [0.5, 0.6) is 0 Å². The number of carbonyl (C=O) groups is 1. The highest BCUT2D eigenvalue weighted by molar-refractivity contribution is 7.99. The molecule has 0 saturated carbocycles. The van der Waals surface area contributed by atoms with Crippen molar-refractivity contribution in [3.05, 3.63) is 23.7 Å². The van der Waals surface area contributed by atoms with E-state index < -0.39 is 0 Å². The van der Waals surface area contributed by atoms with E-state index in [0.29, 0.717) is 24.7 Å². The van der Waals surface area contributed by atoms with E-state index in [2.05, 4.69) is 20.3 Å². The maximum Gasteiger partial charge on any atom is 0.276 e. The van der Waals surface area contributed by atoms with E-state index >= 15 is 0 Å². The van der Waals surface area contributed by atoms with Gasteiger partial charge in [-0.3, -0.25) is 4.79 Å². The summed E-state index contributed by atoms with van der Waals surface area (Å²) in [5, 5.41) is 16.9. The Kier molecular flexibility index (Phi) is 5.52. The number of rotatable bonds is 5. The molecule has 2 aromatic rings. The third kappa shape index (κ3) is 4.02. The van der Waals surface area contributed by atoms with E-state index in [1.807, 2.05) is 29.8 Å². The maximum absolute atomic E-state index is 12.4. The third-order valence-corrected chi connectivity index (χ3v) is 4.93. The number of nitriles is 1. The van der Waals surface area contributed by atoms with Gasteiger partial charge in [-0.25, -0.2) is 9.67 Å². The summed E-state index contributed by atoms with van der Waals surface area (Å²) < 4.78 is 1.62. The normalized spacial score (nSPS) is 14.1. The number of thioether (sulfide) groups is 1. The van der Waals surface area contributed by atoms with Gasteiger partial charge in [-0.2, -0.15) is 22.0 Å². The number of hydrogen-bond donors (Lipinski definition) is 1. The van der Waals surface area contributed by atoms with Gasteiger partial charge in [-0.05, 0) is 0 Å². The summed E-state index contributed by atoms with van der Waals surface area (Å²) in [5.74, 6) is 2.41. The van der Waals surface area contributed by atoms with Crippen molar-refractivity contribution in [2.45, 2.75) is 6.54 Å². The van der Waals surface area contributed by atoms with Gasteiger partial charge in [-0.1, -0.05) is 5.21 Å². The quantitative estimate of drug-likeness (QED) is 0.760. The molecule has 0 aliphatic carbocycles. The average Bonchev–Trinajstić information content (AvgIpc) is 3.15. The molecule has 136 valence electrons. The number of aromatic nitrogens is 5. The minimum atomic E-state index is -0.0758. The molecule has 0 aromatic carbocycles. The number of nitrogens with two attached hydrogens (primary N) is 1. The molecule has 2 N–H and O–H groups in total. The first-order valence-corrected chi connectivity index (χ1v) is 9.25. The molecule has 2 aromatic heterocycles. The van der Waals surface area contributed by atoms with Crippen molar-refractivity contribution in [1.82, 2.24) is 29.9 Å². The Hall–Kier alpha value is -2.87. The minimum absolute atomic E-state index is 0.0758. The molecule has 10 nitrogen and oxygen atoms in total. The summed E-state index contributed by atoms with van der Waals surface area (Å²) >= 11 is 1.85. The van der Waals surface area contributed by atoms with Gasteiger partial charge in [0.2, 0.25) is 5.95 Å². The van der Waals surface area contributed by atoms with Crippen LogP contribution in [0.25, 0.3) is 0 Å². The highest BCUT2D eigenvalue weighted by Crippen LogP contribution is 2.13. The lowest BCUT2D eigenvalue weighted by atomic mass is 10.3. The fourth-order valence-corrected chi connectivity index (χ4v) is 3.34. The van der Waals surface area contributed by atoms with Gasteiger partial charge in [0.1, 0.15) is 17.5 Å². The molecule has 1 saturated heterocycles. The number of hydrogen-bond acceptors (Lipinski definition) is 9. The molecular weight excluding hydrogens is 354 g/mol. The van der Waals surface area contributed by atoms with Crippen LogP contribution in [0.15, 0.2) is 12.4 Å². The van der Waals surface area contributed by atoms with Crippen LogP contribution >= 0.6 is 11.8 Å². The largest absolute Gasteiger partial charge is 0.382 e. The summed E-state index contributed by atoms with van der Waals surface area (Å²) in [4.78, 5) is 24.2. The molecule has 0 spiro atoms. The molecule has 3 heterocycles. The van der Waals surface area contributed by atoms with Crippen LogP contribution in [0.1, 0.15) is 16.1 Å². The first-order valence-electron chi connectivity index (χ1n) is 8.09. The second-order valence-electron chi connectivity index (χ2n) is 5.77. The third-order valence-electron chi connectivity index (χ3n) is 3.99. The van der Waals surface area contributed by atoms with E-state index in [1.54, 1.807) is 15.8 Å².